The van der Waals surface area contributed by atoms with Crippen LogP contribution in [0.3, 0.4) is 0 Å². The summed E-state index contributed by atoms with van der Waals surface area (Å²) in [7, 11) is 0. The number of nitrogens with one attached hydrogen (secondary N) is 1. The summed E-state index contributed by atoms with van der Waals surface area (Å²) in [6.07, 6.45) is 12.0. The standard InChI is InChI=1S/C16H31N/c1-16(2,3)17-12-14-8-5-4-6-11-15(14)13-9-7-10-13/h13-15,17H,4-12H2,1-3H3. The Labute approximate surface area is 108 Å². The quantitative estimate of drug-likeness (QED) is 0.719. The first kappa shape index (κ1) is 13.4. The fraction of sp³-hybridized carbons (Fsp3) is 1.00. The van der Waals surface area contributed by atoms with E-state index < -0.39 is 0 Å². The number of rotatable bonds is 3. The summed E-state index contributed by atoms with van der Waals surface area (Å²) in [4.78, 5) is 0. The minimum atomic E-state index is 0.288. The maximum atomic E-state index is 3.75. The van der Waals surface area contributed by atoms with Gasteiger partial charge in [0.25, 0.3) is 0 Å². The molecule has 0 aliphatic heterocycles. The van der Waals surface area contributed by atoms with E-state index in [2.05, 4.69) is 26.1 Å². The molecule has 2 unspecified atom stereocenters. The average molecular weight is 237 g/mol. The first-order valence-corrected chi connectivity index (χ1v) is 7.81. The molecule has 0 amide bonds. The molecule has 2 aliphatic rings. The van der Waals surface area contributed by atoms with E-state index in [0.29, 0.717) is 0 Å². The van der Waals surface area contributed by atoms with E-state index in [9.17, 15) is 0 Å². The molecule has 2 atom stereocenters. The Morgan fingerprint density at radius 1 is 0.882 bits per heavy atom. The fourth-order valence-corrected chi connectivity index (χ4v) is 3.59. The van der Waals surface area contributed by atoms with Gasteiger partial charge in [0.05, 0.1) is 0 Å². The number of hydrogen-bond donors (Lipinski definition) is 1. The highest BCUT2D eigenvalue weighted by Gasteiger charge is 2.33. The minimum Gasteiger partial charge on any atom is -0.312 e. The van der Waals surface area contributed by atoms with Gasteiger partial charge in [-0.05, 0) is 57.9 Å². The zero-order valence-corrected chi connectivity index (χ0v) is 12.1. The third-order valence-corrected chi connectivity index (χ3v) is 4.87. The molecule has 0 aromatic carbocycles. The summed E-state index contributed by atoms with van der Waals surface area (Å²) in [6.45, 7) is 8.14. The molecule has 2 rings (SSSR count). The fourth-order valence-electron chi connectivity index (χ4n) is 3.59. The van der Waals surface area contributed by atoms with Crippen molar-refractivity contribution >= 4 is 0 Å². The largest absolute Gasteiger partial charge is 0.312 e. The predicted octanol–water partition coefficient (Wildman–Crippen LogP) is 4.37. The molecular formula is C16H31N. The lowest BCUT2D eigenvalue weighted by atomic mass is 9.68. The van der Waals surface area contributed by atoms with Gasteiger partial charge in [-0.1, -0.05) is 38.5 Å². The Balaban J connectivity index is 1.89. The van der Waals surface area contributed by atoms with Crippen molar-refractivity contribution in [3.05, 3.63) is 0 Å². The highest BCUT2D eigenvalue weighted by atomic mass is 14.9. The van der Waals surface area contributed by atoms with Gasteiger partial charge in [0, 0.05) is 5.54 Å². The molecule has 0 spiro atoms. The second kappa shape index (κ2) is 5.73. The Bertz CT molecular complexity index is 224. The summed E-state index contributed by atoms with van der Waals surface area (Å²) in [6, 6.07) is 0. The zero-order valence-electron chi connectivity index (χ0n) is 12.1. The van der Waals surface area contributed by atoms with Gasteiger partial charge in [0.15, 0.2) is 0 Å². The van der Waals surface area contributed by atoms with Crippen molar-refractivity contribution in [1.29, 1.82) is 0 Å². The van der Waals surface area contributed by atoms with Crippen molar-refractivity contribution in [2.45, 2.75) is 77.7 Å². The van der Waals surface area contributed by atoms with Crippen LogP contribution in [0.25, 0.3) is 0 Å². The Morgan fingerprint density at radius 2 is 1.59 bits per heavy atom. The van der Waals surface area contributed by atoms with Crippen LogP contribution in [0, 0.1) is 17.8 Å². The molecule has 17 heavy (non-hydrogen) atoms. The highest BCUT2D eigenvalue weighted by molar-refractivity contribution is 4.86. The minimum absolute atomic E-state index is 0.288. The van der Waals surface area contributed by atoms with Gasteiger partial charge in [-0.2, -0.15) is 0 Å². The van der Waals surface area contributed by atoms with E-state index in [1.807, 2.05) is 0 Å². The molecule has 0 bridgehead atoms. The normalized spacial score (nSPS) is 31.9. The van der Waals surface area contributed by atoms with Crippen LogP contribution < -0.4 is 5.32 Å². The van der Waals surface area contributed by atoms with Crippen LogP contribution in [0.2, 0.25) is 0 Å². The van der Waals surface area contributed by atoms with Gasteiger partial charge in [0.2, 0.25) is 0 Å². The van der Waals surface area contributed by atoms with Gasteiger partial charge in [-0.25, -0.2) is 0 Å². The van der Waals surface area contributed by atoms with E-state index in [1.165, 1.54) is 57.9 Å². The second-order valence-corrected chi connectivity index (χ2v) is 7.38. The van der Waals surface area contributed by atoms with Crippen molar-refractivity contribution in [2.24, 2.45) is 17.8 Å². The zero-order chi connectivity index (χ0) is 12.3. The van der Waals surface area contributed by atoms with Crippen LogP contribution in [-0.2, 0) is 0 Å². The first-order chi connectivity index (χ1) is 8.06. The molecule has 0 heterocycles. The lowest BCUT2D eigenvalue weighted by Crippen LogP contribution is -2.42. The Kier molecular flexibility index (Phi) is 4.52. The van der Waals surface area contributed by atoms with Gasteiger partial charge in [0.1, 0.15) is 0 Å². The van der Waals surface area contributed by atoms with Gasteiger partial charge in [-0.15, -0.1) is 0 Å². The SMILES string of the molecule is CC(C)(C)NCC1CCCCCC1C1CCC1. The average Bonchev–Trinajstić information content (AvgIpc) is 2.37. The molecule has 0 radical (unpaired) electrons. The molecule has 1 N–H and O–H groups in total. The third kappa shape index (κ3) is 3.98. The van der Waals surface area contributed by atoms with Crippen molar-refractivity contribution in [1.82, 2.24) is 5.32 Å². The van der Waals surface area contributed by atoms with E-state index in [1.54, 1.807) is 0 Å². The van der Waals surface area contributed by atoms with Crippen LogP contribution >= 0.6 is 0 Å². The molecule has 1 nitrogen and oxygen atoms in total. The highest BCUT2D eigenvalue weighted by Crippen LogP contribution is 2.43. The molecule has 2 saturated carbocycles. The second-order valence-electron chi connectivity index (χ2n) is 7.38. The van der Waals surface area contributed by atoms with Crippen LogP contribution in [0.5, 0.6) is 0 Å². The van der Waals surface area contributed by atoms with Crippen molar-refractivity contribution in [3.63, 3.8) is 0 Å². The van der Waals surface area contributed by atoms with Gasteiger partial charge < -0.3 is 5.32 Å². The lowest BCUT2D eigenvalue weighted by molar-refractivity contribution is 0.128. The summed E-state index contributed by atoms with van der Waals surface area (Å²) < 4.78 is 0. The predicted molar refractivity (Wildman–Crippen MR) is 75.2 cm³/mol. The van der Waals surface area contributed by atoms with E-state index in [-0.39, 0.29) is 5.54 Å². The molecule has 2 aliphatic carbocycles. The topological polar surface area (TPSA) is 12.0 Å². The maximum absolute atomic E-state index is 3.75. The molecule has 0 aromatic heterocycles. The van der Waals surface area contributed by atoms with E-state index in [4.69, 9.17) is 0 Å². The Hall–Kier alpha value is -0.0400. The van der Waals surface area contributed by atoms with E-state index >= 15 is 0 Å². The first-order valence-electron chi connectivity index (χ1n) is 7.81. The van der Waals surface area contributed by atoms with Crippen LogP contribution in [0.1, 0.15) is 72.1 Å². The van der Waals surface area contributed by atoms with Gasteiger partial charge in [-0.3, -0.25) is 0 Å². The molecular weight excluding hydrogens is 206 g/mol. The molecule has 2 fully saturated rings. The molecule has 100 valence electrons. The Morgan fingerprint density at radius 3 is 2.18 bits per heavy atom. The lowest BCUT2D eigenvalue weighted by Gasteiger charge is -2.39. The summed E-state index contributed by atoms with van der Waals surface area (Å²) in [5.74, 6) is 3.09. The van der Waals surface area contributed by atoms with Gasteiger partial charge >= 0.3 is 0 Å². The van der Waals surface area contributed by atoms with Crippen molar-refractivity contribution in [3.8, 4) is 0 Å². The van der Waals surface area contributed by atoms with E-state index in [0.717, 1.165) is 17.8 Å². The van der Waals surface area contributed by atoms with Crippen LogP contribution in [0.15, 0.2) is 0 Å². The monoisotopic (exact) mass is 237 g/mol. The van der Waals surface area contributed by atoms with Crippen LogP contribution in [0.4, 0.5) is 0 Å². The smallest absolute Gasteiger partial charge is 0.00966 e. The van der Waals surface area contributed by atoms with Crippen LogP contribution in [-0.4, -0.2) is 12.1 Å². The molecule has 0 aromatic rings. The maximum Gasteiger partial charge on any atom is 0.00966 e. The third-order valence-electron chi connectivity index (χ3n) is 4.87. The number of hydrogen-bond acceptors (Lipinski definition) is 1. The summed E-state index contributed by atoms with van der Waals surface area (Å²) in [5, 5.41) is 3.75. The summed E-state index contributed by atoms with van der Waals surface area (Å²) >= 11 is 0. The molecule has 0 saturated heterocycles. The van der Waals surface area contributed by atoms with Crippen molar-refractivity contribution in [2.75, 3.05) is 6.54 Å². The summed E-state index contributed by atoms with van der Waals surface area (Å²) in [5.41, 5.74) is 0.288. The van der Waals surface area contributed by atoms with Crippen molar-refractivity contribution < 1.29 is 0 Å². The molecule has 1 heteroatoms.